The Bertz CT molecular complexity index is 27.7. The van der Waals surface area contributed by atoms with Crippen LogP contribution in [0.2, 0.25) is 0 Å². The van der Waals surface area contributed by atoms with E-state index >= 15 is 0 Å². The van der Waals surface area contributed by atoms with E-state index in [1.807, 2.05) is 0 Å². The van der Waals surface area contributed by atoms with E-state index in [1.165, 1.54) is 38.5 Å². The third-order valence-electron chi connectivity index (χ3n) is 1.25. The summed E-state index contributed by atoms with van der Waals surface area (Å²) in [5.41, 5.74) is 0. The topological polar surface area (TPSA) is 0 Å². The lowest BCUT2D eigenvalue weighted by molar-refractivity contribution is 0.886. The Kier molecular flexibility index (Phi) is 19.7. The zero-order chi connectivity index (χ0) is 8.24. The molecule has 0 atom stereocenters. The third-order valence-corrected chi connectivity index (χ3v) is 1.25. The fourth-order valence-corrected chi connectivity index (χ4v) is 0.884. The molecule has 0 amide bonds. The lowest BCUT2D eigenvalue weighted by Gasteiger charge is -1.67. The van der Waals surface area contributed by atoms with Crippen LogP contribution in [0.4, 0.5) is 0 Å². The summed E-state index contributed by atoms with van der Waals surface area (Å²) >= 11 is 0. The Balaban J connectivity index is 0. The molecule has 0 saturated heterocycles. The van der Waals surface area contributed by atoms with Crippen LogP contribution < -0.4 is 0 Å². The van der Waals surface area contributed by atoms with Crippen molar-refractivity contribution >= 4 is 0 Å². The summed E-state index contributed by atoms with van der Waals surface area (Å²) in [5.74, 6) is 0. The molecule has 1 saturated carbocycles. The molecule has 0 radical (unpaired) electrons. The van der Waals surface area contributed by atoms with Crippen LogP contribution in [-0.2, 0) is 0 Å². The second-order valence-corrected chi connectivity index (χ2v) is 2.47. The SMILES string of the molecule is C1CCCC1.C=C.CCC. The largest absolute Gasteiger partial charge is 0.106 e. The van der Waals surface area contributed by atoms with Gasteiger partial charge in [0, 0.05) is 0 Å². The van der Waals surface area contributed by atoms with Crippen LogP contribution >= 0.6 is 0 Å². The second-order valence-electron chi connectivity index (χ2n) is 2.47. The van der Waals surface area contributed by atoms with Crippen LogP contribution in [0.25, 0.3) is 0 Å². The molecule has 1 aliphatic rings. The van der Waals surface area contributed by atoms with Crippen molar-refractivity contribution in [1.82, 2.24) is 0 Å². The van der Waals surface area contributed by atoms with E-state index in [0.717, 1.165) is 0 Å². The predicted molar refractivity (Wildman–Crippen MR) is 50.3 cm³/mol. The molecule has 0 aromatic rings. The minimum absolute atomic E-state index is 1.25. The van der Waals surface area contributed by atoms with Crippen LogP contribution in [0.5, 0.6) is 0 Å². The zero-order valence-electron chi connectivity index (χ0n) is 7.66. The maximum atomic E-state index is 3.00. The number of hydrogen-bond donors (Lipinski definition) is 0. The molecule has 0 aliphatic heterocycles. The molecule has 0 unspecified atom stereocenters. The average molecular weight is 142 g/mol. The van der Waals surface area contributed by atoms with Crippen molar-refractivity contribution in [2.45, 2.75) is 52.4 Å². The number of hydrogen-bond acceptors (Lipinski definition) is 0. The molecule has 0 N–H and O–H groups in total. The van der Waals surface area contributed by atoms with Gasteiger partial charge in [0.2, 0.25) is 0 Å². The van der Waals surface area contributed by atoms with Crippen molar-refractivity contribution in [2.75, 3.05) is 0 Å². The smallest absolute Gasteiger partial charge is 0.0533 e. The van der Waals surface area contributed by atoms with Crippen LogP contribution in [0.15, 0.2) is 13.2 Å². The van der Waals surface area contributed by atoms with Gasteiger partial charge in [0.25, 0.3) is 0 Å². The summed E-state index contributed by atoms with van der Waals surface area (Å²) in [6.45, 7) is 10.2. The van der Waals surface area contributed by atoms with Gasteiger partial charge in [0.15, 0.2) is 0 Å². The Morgan fingerprint density at radius 3 is 1.00 bits per heavy atom. The molecular weight excluding hydrogens is 120 g/mol. The Labute approximate surface area is 66.3 Å². The van der Waals surface area contributed by atoms with E-state index < -0.39 is 0 Å². The van der Waals surface area contributed by atoms with Gasteiger partial charge in [0.05, 0.1) is 0 Å². The van der Waals surface area contributed by atoms with Gasteiger partial charge in [-0.1, -0.05) is 52.4 Å². The van der Waals surface area contributed by atoms with E-state index in [9.17, 15) is 0 Å². The Morgan fingerprint density at radius 2 is 0.900 bits per heavy atom. The van der Waals surface area contributed by atoms with Gasteiger partial charge in [-0.15, -0.1) is 13.2 Å². The van der Waals surface area contributed by atoms with E-state index in [1.54, 1.807) is 0 Å². The molecule has 1 aliphatic carbocycles. The second kappa shape index (κ2) is 15.9. The zero-order valence-corrected chi connectivity index (χ0v) is 7.66. The van der Waals surface area contributed by atoms with Gasteiger partial charge in [-0.3, -0.25) is 0 Å². The monoisotopic (exact) mass is 142 g/mol. The highest BCUT2D eigenvalue weighted by molar-refractivity contribution is 4.51. The van der Waals surface area contributed by atoms with Gasteiger partial charge in [-0.2, -0.15) is 0 Å². The van der Waals surface area contributed by atoms with E-state index in [-0.39, 0.29) is 0 Å². The van der Waals surface area contributed by atoms with Gasteiger partial charge in [0.1, 0.15) is 0 Å². The molecule has 0 heterocycles. The molecule has 0 heteroatoms. The molecule has 0 nitrogen and oxygen atoms in total. The summed E-state index contributed by atoms with van der Waals surface area (Å²) in [6, 6.07) is 0. The molecule has 1 fully saturated rings. The van der Waals surface area contributed by atoms with Gasteiger partial charge < -0.3 is 0 Å². The summed E-state index contributed by atoms with van der Waals surface area (Å²) in [6.07, 6.45) is 8.75. The average Bonchev–Trinajstić information content (AvgIpc) is 2.48. The fourth-order valence-electron chi connectivity index (χ4n) is 0.884. The van der Waals surface area contributed by atoms with Gasteiger partial charge >= 0.3 is 0 Å². The van der Waals surface area contributed by atoms with Crippen molar-refractivity contribution in [2.24, 2.45) is 0 Å². The fraction of sp³-hybridized carbons (Fsp3) is 0.800. The highest BCUT2D eigenvalue weighted by Crippen LogP contribution is 2.15. The van der Waals surface area contributed by atoms with Gasteiger partial charge in [-0.05, 0) is 0 Å². The predicted octanol–water partition coefficient (Wildman–Crippen LogP) is 4.17. The van der Waals surface area contributed by atoms with Crippen LogP contribution in [0, 0.1) is 0 Å². The molecule has 62 valence electrons. The normalized spacial score (nSPS) is 14.2. The molecule has 0 spiro atoms. The third kappa shape index (κ3) is 15.6. The van der Waals surface area contributed by atoms with Crippen LogP contribution in [-0.4, -0.2) is 0 Å². The molecule has 0 aromatic heterocycles. The minimum atomic E-state index is 1.25. The van der Waals surface area contributed by atoms with Crippen molar-refractivity contribution in [3.05, 3.63) is 13.2 Å². The molecule has 0 bridgehead atoms. The quantitative estimate of drug-likeness (QED) is 0.445. The summed E-state index contributed by atoms with van der Waals surface area (Å²) in [5, 5.41) is 0. The van der Waals surface area contributed by atoms with Crippen LogP contribution in [0.1, 0.15) is 52.4 Å². The first-order valence-corrected chi connectivity index (χ1v) is 4.41. The van der Waals surface area contributed by atoms with Crippen molar-refractivity contribution in [3.63, 3.8) is 0 Å². The van der Waals surface area contributed by atoms with Gasteiger partial charge in [-0.25, -0.2) is 0 Å². The molecular formula is C10H22. The van der Waals surface area contributed by atoms with Crippen molar-refractivity contribution < 1.29 is 0 Å². The minimum Gasteiger partial charge on any atom is -0.106 e. The highest BCUT2D eigenvalue weighted by Gasteiger charge is 1.95. The lowest BCUT2D eigenvalue weighted by Crippen LogP contribution is -1.47. The Hall–Kier alpha value is -0.260. The first-order valence-electron chi connectivity index (χ1n) is 4.41. The first-order chi connectivity index (χ1) is 4.91. The summed E-state index contributed by atoms with van der Waals surface area (Å²) in [4.78, 5) is 0. The van der Waals surface area contributed by atoms with Crippen molar-refractivity contribution in [3.8, 4) is 0 Å². The standard InChI is InChI=1S/C5H10.C3H8.C2H4/c1-2-4-5-3-1;1-3-2;1-2/h1-5H2;3H2,1-2H3;1-2H2. The van der Waals surface area contributed by atoms with E-state index in [2.05, 4.69) is 27.0 Å². The first kappa shape index (κ1) is 12.4. The number of rotatable bonds is 0. The summed E-state index contributed by atoms with van der Waals surface area (Å²) < 4.78 is 0. The maximum absolute atomic E-state index is 3.00. The highest BCUT2D eigenvalue weighted by atomic mass is 14.0. The molecule has 0 aromatic carbocycles. The van der Waals surface area contributed by atoms with Crippen LogP contribution in [0.3, 0.4) is 0 Å². The van der Waals surface area contributed by atoms with E-state index in [4.69, 9.17) is 0 Å². The molecule has 1 rings (SSSR count). The maximum Gasteiger partial charge on any atom is -0.0533 e. The van der Waals surface area contributed by atoms with Crippen molar-refractivity contribution in [1.29, 1.82) is 0 Å². The Morgan fingerprint density at radius 1 is 0.800 bits per heavy atom. The lowest BCUT2D eigenvalue weighted by atomic mass is 10.4. The molecule has 10 heavy (non-hydrogen) atoms. The van der Waals surface area contributed by atoms with E-state index in [0.29, 0.717) is 0 Å². The summed E-state index contributed by atoms with van der Waals surface area (Å²) in [7, 11) is 0.